The molecule has 1 aromatic heterocycles. The van der Waals surface area contributed by atoms with E-state index >= 15 is 0 Å². The van der Waals surface area contributed by atoms with Gasteiger partial charge in [-0.2, -0.15) is 0 Å². The Labute approximate surface area is 121 Å². The molecule has 0 saturated carbocycles. The summed E-state index contributed by atoms with van der Waals surface area (Å²) in [5, 5.41) is 0.578. The predicted octanol–water partition coefficient (Wildman–Crippen LogP) is 3.34. The Hall–Kier alpha value is -2.66. The van der Waals surface area contributed by atoms with E-state index in [2.05, 4.69) is 10.4 Å². The highest BCUT2D eigenvalue weighted by atomic mass is 19.1. The molecule has 106 valence electrons. The molecule has 0 amide bonds. The number of benzene rings is 2. The van der Waals surface area contributed by atoms with Gasteiger partial charge in [0.25, 0.3) is 0 Å². The van der Waals surface area contributed by atoms with Crippen LogP contribution in [0.2, 0.25) is 0 Å². The smallest absolute Gasteiger partial charge is 0.148 e. The van der Waals surface area contributed by atoms with Gasteiger partial charge in [-0.3, -0.25) is 5.84 Å². The molecule has 0 aliphatic rings. The number of aromatic nitrogens is 1. The number of nitrogens with one attached hydrogen (secondary N) is 1. The number of halogens is 1. The number of nitrogens with two attached hydrogens (primary N) is 1. The summed E-state index contributed by atoms with van der Waals surface area (Å²) in [6.45, 7) is 0. The van der Waals surface area contributed by atoms with E-state index in [4.69, 9.17) is 10.6 Å². The first kappa shape index (κ1) is 13.3. The van der Waals surface area contributed by atoms with Crippen LogP contribution in [0.4, 0.5) is 10.1 Å². The Morgan fingerprint density at radius 1 is 1.14 bits per heavy atom. The van der Waals surface area contributed by atoms with Crippen LogP contribution in [0.15, 0.2) is 48.5 Å². The van der Waals surface area contributed by atoms with E-state index in [1.807, 2.05) is 30.3 Å². The highest BCUT2D eigenvalue weighted by Gasteiger charge is 2.12. The molecule has 0 unspecified atom stereocenters. The molecule has 0 bridgehead atoms. The molecule has 0 atom stereocenters. The zero-order chi connectivity index (χ0) is 14.8. The van der Waals surface area contributed by atoms with Gasteiger partial charge in [-0.05, 0) is 12.1 Å². The van der Waals surface area contributed by atoms with Crippen molar-refractivity contribution in [2.24, 2.45) is 5.84 Å². The van der Waals surface area contributed by atoms with Crippen LogP contribution in [-0.4, -0.2) is 12.1 Å². The molecule has 0 saturated heterocycles. The first-order valence-corrected chi connectivity index (χ1v) is 6.43. The molecule has 3 aromatic rings. The number of ether oxygens (including phenoxy) is 1. The molecule has 3 rings (SSSR count). The van der Waals surface area contributed by atoms with Gasteiger partial charge in [-0.15, -0.1) is 0 Å². The van der Waals surface area contributed by atoms with Gasteiger partial charge in [0.05, 0.1) is 18.5 Å². The standard InChI is InChI=1S/C16H14FN3O/c1-21-15-8-11(17)7-12-14(20-18)9-13(19-16(12)15)10-5-3-2-4-6-10/h2-9H,18H2,1H3,(H,19,20). The van der Waals surface area contributed by atoms with Crippen LogP contribution in [0.1, 0.15) is 0 Å². The minimum absolute atomic E-state index is 0.374. The molecular weight excluding hydrogens is 269 g/mol. The molecule has 0 aliphatic heterocycles. The second-order valence-corrected chi connectivity index (χ2v) is 4.57. The zero-order valence-electron chi connectivity index (χ0n) is 11.4. The van der Waals surface area contributed by atoms with Crippen molar-refractivity contribution in [1.29, 1.82) is 0 Å². The van der Waals surface area contributed by atoms with Gasteiger partial charge in [0.2, 0.25) is 0 Å². The molecule has 4 nitrogen and oxygen atoms in total. The van der Waals surface area contributed by atoms with Crippen molar-refractivity contribution >= 4 is 16.6 Å². The van der Waals surface area contributed by atoms with E-state index in [1.54, 1.807) is 6.07 Å². The minimum atomic E-state index is -0.398. The number of anilines is 1. The van der Waals surface area contributed by atoms with Crippen molar-refractivity contribution < 1.29 is 9.13 Å². The van der Waals surface area contributed by atoms with Gasteiger partial charge < -0.3 is 10.2 Å². The van der Waals surface area contributed by atoms with Crippen LogP contribution in [-0.2, 0) is 0 Å². The van der Waals surface area contributed by atoms with Gasteiger partial charge >= 0.3 is 0 Å². The molecular formula is C16H14FN3O. The number of hydrazine groups is 1. The number of hydrogen-bond donors (Lipinski definition) is 2. The molecule has 2 aromatic carbocycles. The van der Waals surface area contributed by atoms with Crippen LogP contribution in [0.5, 0.6) is 5.75 Å². The third-order valence-electron chi connectivity index (χ3n) is 3.29. The van der Waals surface area contributed by atoms with Crippen molar-refractivity contribution in [3.05, 3.63) is 54.3 Å². The third-order valence-corrected chi connectivity index (χ3v) is 3.29. The Kier molecular flexibility index (Phi) is 3.41. The summed E-state index contributed by atoms with van der Waals surface area (Å²) < 4.78 is 18.9. The molecule has 0 aliphatic carbocycles. The molecule has 3 N–H and O–H groups in total. The first-order valence-electron chi connectivity index (χ1n) is 6.43. The second kappa shape index (κ2) is 5.38. The van der Waals surface area contributed by atoms with E-state index in [0.717, 1.165) is 11.3 Å². The van der Waals surface area contributed by atoms with Gasteiger partial charge in [0.1, 0.15) is 17.1 Å². The number of nitrogen functional groups attached to an aromatic ring is 1. The summed E-state index contributed by atoms with van der Waals surface area (Å²) in [4.78, 5) is 4.58. The van der Waals surface area contributed by atoms with Crippen LogP contribution in [0, 0.1) is 5.82 Å². The van der Waals surface area contributed by atoms with Crippen LogP contribution in [0.25, 0.3) is 22.2 Å². The number of rotatable bonds is 3. The lowest BCUT2D eigenvalue weighted by Crippen LogP contribution is -2.08. The molecule has 1 heterocycles. The number of methoxy groups -OCH3 is 1. The van der Waals surface area contributed by atoms with Gasteiger partial charge in [-0.1, -0.05) is 30.3 Å². The quantitative estimate of drug-likeness (QED) is 0.571. The van der Waals surface area contributed by atoms with Crippen LogP contribution in [0.3, 0.4) is 0 Å². The lowest BCUT2D eigenvalue weighted by Gasteiger charge is -2.12. The van der Waals surface area contributed by atoms with E-state index in [-0.39, 0.29) is 0 Å². The van der Waals surface area contributed by atoms with E-state index in [0.29, 0.717) is 22.3 Å². The van der Waals surface area contributed by atoms with Gasteiger partial charge in [0.15, 0.2) is 0 Å². The predicted molar refractivity (Wildman–Crippen MR) is 81.5 cm³/mol. The average Bonchev–Trinajstić information content (AvgIpc) is 2.54. The highest BCUT2D eigenvalue weighted by molar-refractivity contribution is 5.97. The first-order chi connectivity index (χ1) is 10.2. The maximum Gasteiger partial charge on any atom is 0.148 e. The lowest BCUT2D eigenvalue weighted by atomic mass is 10.1. The van der Waals surface area contributed by atoms with Crippen molar-refractivity contribution in [3.8, 4) is 17.0 Å². The Morgan fingerprint density at radius 3 is 2.57 bits per heavy atom. The fraction of sp³-hybridized carbons (Fsp3) is 0.0625. The van der Waals surface area contributed by atoms with Crippen LogP contribution >= 0.6 is 0 Å². The summed E-state index contributed by atoms with van der Waals surface area (Å²) in [6.07, 6.45) is 0. The van der Waals surface area contributed by atoms with E-state index in [9.17, 15) is 4.39 Å². The second-order valence-electron chi connectivity index (χ2n) is 4.57. The number of hydrogen-bond acceptors (Lipinski definition) is 4. The minimum Gasteiger partial charge on any atom is -0.494 e. The highest BCUT2D eigenvalue weighted by Crippen LogP contribution is 2.33. The lowest BCUT2D eigenvalue weighted by molar-refractivity contribution is 0.415. The Balaban J connectivity index is 2.33. The van der Waals surface area contributed by atoms with Crippen LogP contribution < -0.4 is 16.0 Å². The maximum atomic E-state index is 13.6. The van der Waals surface area contributed by atoms with Crippen molar-refractivity contribution in [3.63, 3.8) is 0 Å². The maximum absolute atomic E-state index is 13.6. The number of pyridine rings is 1. The van der Waals surface area contributed by atoms with E-state index in [1.165, 1.54) is 19.2 Å². The number of fused-ring (bicyclic) bond motifs is 1. The molecule has 0 fully saturated rings. The fourth-order valence-electron chi connectivity index (χ4n) is 2.29. The fourth-order valence-corrected chi connectivity index (χ4v) is 2.29. The monoisotopic (exact) mass is 283 g/mol. The van der Waals surface area contributed by atoms with Crippen molar-refractivity contribution in [2.45, 2.75) is 0 Å². The van der Waals surface area contributed by atoms with Gasteiger partial charge in [-0.25, -0.2) is 9.37 Å². The summed E-state index contributed by atoms with van der Waals surface area (Å²) in [5.74, 6) is 5.54. The third kappa shape index (κ3) is 2.39. The molecule has 0 spiro atoms. The summed E-state index contributed by atoms with van der Waals surface area (Å²) in [7, 11) is 1.49. The SMILES string of the molecule is COc1cc(F)cc2c(NN)cc(-c3ccccc3)nc12. The van der Waals surface area contributed by atoms with Gasteiger partial charge in [0, 0.05) is 17.0 Å². The summed E-state index contributed by atoms with van der Waals surface area (Å²) in [6, 6.07) is 14.2. The summed E-state index contributed by atoms with van der Waals surface area (Å²) in [5.41, 5.74) is 5.44. The zero-order valence-corrected chi connectivity index (χ0v) is 11.4. The van der Waals surface area contributed by atoms with Crippen molar-refractivity contribution in [1.82, 2.24) is 4.98 Å². The van der Waals surface area contributed by atoms with Crippen molar-refractivity contribution in [2.75, 3.05) is 12.5 Å². The topological polar surface area (TPSA) is 60.2 Å². The molecule has 5 heteroatoms. The van der Waals surface area contributed by atoms with E-state index < -0.39 is 5.82 Å². The average molecular weight is 283 g/mol. The molecule has 21 heavy (non-hydrogen) atoms. The largest absolute Gasteiger partial charge is 0.494 e. The number of nitrogens with zero attached hydrogens (tertiary/aromatic N) is 1. The Morgan fingerprint density at radius 2 is 1.90 bits per heavy atom. The normalized spacial score (nSPS) is 10.6. The molecule has 0 radical (unpaired) electrons. The Bertz CT molecular complexity index is 790. The summed E-state index contributed by atoms with van der Waals surface area (Å²) >= 11 is 0.